The maximum Gasteiger partial charge on any atom is 0.266 e. The van der Waals surface area contributed by atoms with Crippen molar-refractivity contribution >= 4 is 34.6 Å². The minimum absolute atomic E-state index is 0.114. The van der Waals surface area contributed by atoms with Crippen molar-refractivity contribution in [2.45, 2.75) is 6.92 Å². The summed E-state index contributed by atoms with van der Waals surface area (Å²) in [6.07, 6.45) is 1.77. The van der Waals surface area contributed by atoms with Crippen molar-refractivity contribution in [3.63, 3.8) is 0 Å². The molecule has 0 saturated carbocycles. The molecule has 1 aliphatic rings. The van der Waals surface area contributed by atoms with Gasteiger partial charge in [0.05, 0.1) is 10.6 Å². The Bertz CT molecular complexity index is 814. The predicted molar refractivity (Wildman–Crippen MR) is 94.6 cm³/mol. The van der Waals surface area contributed by atoms with Gasteiger partial charge in [-0.2, -0.15) is 0 Å². The highest BCUT2D eigenvalue weighted by Crippen LogP contribution is 2.34. The van der Waals surface area contributed by atoms with Gasteiger partial charge in [-0.3, -0.25) is 9.69 Å². The SMILES string of the molecule is CCN1C(=O)C(=Cc2ccc(O)cc2)SC1=Nc1ccc(F)cc1. The third-order valence-corrected chi connectivity index (χ3v) is 4.45. The quantitative estimate of drug-likeness (QED) is 0.853. The van der Waals surface area contributed by atoms with E-state index in [1.54, 1.807) is 47.4 Å². The zero-order valence-corrected chi connectivity index (χ0v) is 13.8. The van der Waals surface area contributed by atoms with Crippen LogP contribution in [-0.2, 0) is 4.79 Å². The molecule has 1 N–H and O–H groups in total. The standard InChI is InChI=1S/C18H15FN2O2S/c1-2-21-17(23)16(11-12-3-9-15(22)10-4-12)24-18(21)20-14-7-5-13(19)6-8-14/h3-11,22H,2H2,1H3. The van der Waals surface area contributed by atoms with E-state index >= 15 is 0 Å². The minimum Gasteiger partial charge on any atom is -0.508 e. The highest BCUT2D eigenvalue weighted by molar-refractivity contribution is 8.18. The number of thioether (sulfide) groups is 1. The van der Waals surface area contributed by atoms with Gasteiger partial charge in [0, 0.05) is 6.54 Å². The summed E-state index contributed by atoms with van der Waals surface area (Å²) in [6, 6.07) is 12.4. The van der Waals surface area contributed by atoms with Gasteiger partial charge in [0.25, 0.3) is 5.91 Å². The lowest BCUT2D eigenvalue weighted by Gasteiger charge is -2.11. The first-order valence-electron chi connectivity index (χ1n) is 7.41. The number of hydrogen-bond donors (Lipinski definition) is 1. The van der Waals surface area contributed by atoms with E-state index in [9.17, 15) is 14.3 Å². The number of rotatable bonds is 3. The van der Waals surface area contributed by atoms with Gasteiger partial charge < -0.3 is 5.11 Å². The summed E-state index contributed by atoms with van der Waals surface area (Å²) in [5.74, 6) is -0.262. The molecule has 122 valence electrons. The molecular weight excluding hydrogens is 327 g/mol. The van der Waals surface area contributed by atoms with E-state index in [2.05, 4.69) is 4.99 Å². The van der Waals surface area contributed by atoms with Crippen molar-refractivity contribution in [3.8, 4) is 5.75 Å². The highest BCUT2D eigenvalue weighted by Gasteiger charge is 2.32. The van der Waals surface area contributed by atoms with E-state index in [4.69, 9.17) is 0 Å². The summed E-state index contributed by atoms with van der Waals surface area (Å²) in [5, 5.41) is 9.90. The molecule has 0 bridgehead atoms. The Hall–Kier alpha value is -2.60. The van der Waals surface area contributed by atoms with Gasteiger partial charge in [0.1, 0.15) is 11.6 Å². The molecule has 1 aliphatic heterocycles. The summed E-state index contributed by atoms with van der Waals surface area (Å²) in [7, 11) is 0. The lowest BCUT2D eigenvalue weighted by atomic mass is 10.2. The van der Waals surface area contributed by atoms with Crippen molar-refractivity contribution in [3.05, 3.63) is 64.8 Å². The summed E-state index contributed by atoms with van der Waals surface area (Å²) >= 11 is 1.28. The maximum atomic E-state index is 13.0. The van der Waals surface area contributed by atoms with Crippen molar-refractivity contribution in [1.29, 1.82) is 0 Å². The Labute approximate surface area is 143 Å². The second-order valence-corrected chi connectivity index (χ2v) is 6.13. The molecule has 0 aliphatic carbocycles. The van der Waals surface area contributed by atoms with E-state index in [0.717, 1.165) is 5.56 Å². The molecular formula is C18H15FN2O2S. The zero-order valence-electron chi connectivity index (χ0n) is 12.9. The Morgan fingerprint density at radius 3 is 2.46 bits per heavy atom. The predicted octanol–water partition coefficient (Wildman–Crippen LogP) is 4.16. The number of likely N-dealkylation sites (N-methyl/N-ethyl adjacent to an activating group) is 1. The number of nitrogens with zero attached hydrogens (tertiary/aromatic N) is 2. The van der Waals surface area contributed by atoms with Gasteiger partial charge in [-0.05, 0) is 66.7 Å². The van der Waals surface area contributed by atoms with Gasteiger partial charge in [-0.15, -0.1) is 0 Å². The number of halogens is 1. The van der Waals surface area contributed by atoms with Crippen LogP contribution in [0, 0.1) is 5.82 Å². The number of phenolic OH excluding ortho intramolecular Hbond substituents is 1. The molecule has 24 heavy (non-hydrogen) atoms. The lowest BCUT2D eigenvalue weighted by Crippen LogP contribution is -2.28. The number of phenols is 1. The highest BCUT2D eigenvalue weighted by atomic mass is 32.2. The number of amides is 1. The molecule has 0 radical (unpaired) electrons. The normalized spacial score (nSPS) is 17.9. The van der Waals surface area contributed by atoms with E-state index < -0.39 is 0 Å². The second kappa shape index (κ2) is 6.88. The summed E-state index contributed by atoms with van der Waals surface area (Å²) in [6.45, 7) is 2.38. The van der Waals surface area contributed by atoms with Crippen LogP contribution < -0.4 is 0 Å². The van der Waals surface area contributed by atoms with Crippen LogP contribution >= 0.6 is 11.8 Å². The Morgan fingerprint density at radius 1 is 1.17 bits per heavy atom. The first kappa shape index (κ1) is 16.3. The smallest absolute Gasteiger partial charge is 0.266 e. The van der Waals surface area contributed by atoms with Crippen LogP contribution in [-0.4, -0.2) is 27.6 Å². The van der Waals surface area contributed by atoms with Crippen LogP contribution in [0.5, 0.6) is 5.75 Å². The van der Waals surface area contributed by atoms with Crippen molar-refractivity contribution in [2.24, 2.45) is 4.99 Å². The molecule has 2 aromatic carbocycles. The van der Waals surface area contributed by atoms with Crippen molar-refractivity contribution in [2.75, 3.05) is 6.54 Å². The molecule has 1 fully saturated rings. The Kier molecular flexibility index (Phi) is 4.66. The van der Waals surface area contributed by atoms with Crippen LogP contribution in [0.3, 0.4) is 0 Å². The third kappa shape index (κ3) is 3.49. The average Bonchev–Trinajstić information content (AvgIpc) is 2.86. The van der Waals surface area contributed by atoms with E-state index in [1.807, 2.05) is 6.92 Å². The number of aliphatic imine (C=N–C) groups is 1. The molecule has 0 unspecified atom stereocenters. The van der Waals surface area contributed by atoms with Crippen LogP contribution in [0.15, 0.2) is 58.4 Å². The first-order valence-corrected chi connectivity index (χ1v) is 8.23. The monoisotopic (exact) mass is 342 g/mol. The van der Waals surface area contributed by atoms with E-state index in [-0.39, 0.29) is 17.5 Å². The van der Waals surface area contributed by atoms with Gasteiger partial charge in [0.15, 0.2) is 5.17 Å². The molecule has 4 nitrogen and oxygen atoms in total. The lowest BCUT2D eigenvalue weighted by molar-refractivity contribution is -0.122. The molecule has 1 heterocycles. The molecule has 0 atom stereocenters. The van der Waals surface area contributed by atoms with Crippen LogP contribution in [0.25, 0.3) is 6.08 Å². The fourth-order valence-corrected chi connectivity index (χ4v) is 3.28. The largest absolute Gasteiger partial charge is 0.508 e. The van der Waals surface area contributed by atoms with Crippen LogP contribution in [0.2, 0.25) is 0 Å². The number of carbonyl (C=O) groups excluding carboxylic acids is 1. The van der Waals surface area contributed by atoms with Gasteiger partial charge in [-0.1, -0.05) is 12.1 Å². The van der Waals surface area contributed by atoms with Gasteiger partial charge >= 0.3 is 0 Å². The molecule has 1 saturated heterocycles. The first-order chi connectivity index (χ1) is 11.6. The molecule has 0 aromatic heterocycles. The van der Waals surface area contributed by atoms with Gasteiger partial charge in [-0.25, -0.2) is 9.38 Å². The topological polar surface area (TPSA) is 52.9 Å². The van der Waals surface area contributed by atoms with Gasteiger partial charge in [0.2, 0.25) is 0 Å². The molecule has 1 amide bonds. The Morgan fingerprint density at radius 2 is 1.83 bits per heavy atom. The Balaban J connectivity index is 1.91. The molecule has 2 aromatic rings. The number of aromatic hydroxyl groups is 1. The third-order valence-electron chi connectivity index (χ3n) is 3.45. The van der Waals surface area contributed by atoms with E-state index in [0.29, 0.717) is 22.3 Å². The van der Waals surface area contributed by atoms with Crippen LogP contribution in [0.1, 0.15) is 12.5 Å². The number of amidine groups is 1. The van der Waals surface area contributed by atoms with Crippen molar-refractivity contribution < 1.29 is 14.3 Å². The molecule has 3 rings (SSSR count). The fourth-order valence-electron chi connectivity index (χ4n) is 2.22. The summed E-state index contributed by atoms with van der Waals surface area (Å²) in [5.41, 5.74) is 1.42. The van der Waals surface area contributed by atoms with Crippen molar-refractivity contribution in [1.82, 2.24) is 4.90 Å². The maximum absolute atomic E-state index is 13.0. The fraction of sp³-hybridized carbons (Fsp3) is 0.111. The van der Waals surface area contributed by atoms with E-state index in [1.165, 1.54) is 23.9 Å². The minimum atomic E-state index is -0.325. The van der Waals surface area contributed by atoms with Crippen LogP contribution in [0.4, 0.5) is 10.1 Å². The number of benzene rings is 2. The zero-order chi connectivity index (χ0) is 17.1. The average molecular weight is 342 g/mol. The number of carbonyl (C=O) groups is 1. The number of hydrogen-bond acceptors (Lipinski definition) is 4. The summed E-state index contributed by atoms with van der Waals surface area (Å²) in [4.78, 5) is 19.1. The summed E-state index contributed by atoms with van der Waals surface area (Å²) < 4.78 is 13.0. The second-order valence-electron chi connectivity index (χ2n) is 5.12. The molecule has 0 spiro atoms. The molecule has 6 heteroatoms.